The molecule has 2 nitrogen and oxygen atoms in total. The number of rotatable bonds is 3. The lowest BCUT2D eigenvalue weighted by molar-refractivity contribution is -0.672. The van der Waals surface area contributed by atoms with Crippen molar-refractivity contribution >= 4 is 5.91 Å². The van der Waals surface area contributed by atoms with Crippen LogP contribution in [0, 0.1) is 51.8 Å². The molecule has 2 heteroatoms. The maximum Gasteiger partial charge on any atom is 0.243 e. The second-order valence-electron chi connectivity index (χ2n) is 8.37. The van der Waals surface area contributed by atoms with Crippen molar-refractivity contribution in [3.05, 3.63) is 12.7 Å². The summed E-state index contributed by atoms with van der Waals surface area (Å²) in [5.74, 6) is 6.01. The second kappa shape index (κ2) is 2.21. The van der Waals surface area contributed by atoms with Crippen molar-refractivity contribution in [1.82, 2.24) is 5.32 Å². The maximum absolute atomic E-state index is 11.3. The zero-order valence-corrected chi connectivity index (χ0v) is 11.4. The zero-order valence-electron chi connectivity index (χ0n) is 11.4. The topological polar surface area (TPSA) is 29.1 Å². The van der Waals surface area contributed by atoms with Crippen LogP contribution in [0.2, 0.25) is 0 Å². The van der Waals surface area contributed by atoms with E-state index in [0.717, 1.165) is 47.5 Å². The highest BCUT2D eigenvalue weighted by molar-refractivity contribution is 5.87. The Labute approximate surface area is 108 Å². The van der Waals surface area contributed by atoms with Gasteiger partial charge < -0.3 is 5.32 Å². The van der Waals surface area contributed by atoms with Crippen LogP contribution in [0.4, 0.5) is 0 Å². The third-order valence-electron chi connectivity index (χ3n) is 7.89. The van der Waals surface area contributed by atoms with Gasteiger partial charge in [0.1, 0.15) is 0 Å². The molecule has 0 aromatic rings. The first-order valence-electron chi connectivity index (χ1n) is 7.34. The summed E-state index contributed by atoms with van der Waals surface area (Å²) in [4.78, 5) is 11.3. The lowest BCUT2D eigenvalue weighted by Crippen LogP contribution is -3.12. The van der Waals surface area contributed by atoms with E-state index in [9.17, 15) is 4.79 Å². The quantitative estimate of drug-likeness (QED) is 0.755. The molecule has 96 valence electrons. The number of carbonyl (C=O) groups is 1. The molecule has 0 saturated heterocycles. The summed E-state index contributed by atoms with van der Waals surface area (Å²) < 4.78 is 0. The Kier molecular flexibility index (Phi) is 1.23. The molecular formula is C16H21NO. The molecule has 0 unspecified atom stereocenters. The molecule has 18 heavy (non-hydrogen) atoms. The third-order valence-corrected chi connectivity index (χ3v) is 7.89. The molecule has 0 atom stereocenters. The minimum absolute atomic E-state index is 0.00852. The van der Waals surface area contributed by atoms with E-state index in [1.54, 1.807) is 0 Å². The van der Waals surface area contributed by atoms with Crippen LogP contribution >= 0.6 is 0 Å². The first kappa shape index (κ1) is 10.1. The molecular weight excluding hydrogens is 222 g/mol. The van der Waals surface area contributed by atoms with E-state index in [1.807, 2.05) is 0 Å². The highest BCUT2D eigenvalue weighted by Crippen LogP contribution is 3.12. The Bertz CT molecular complexity index is 458. The molecule has 0 radical (unpaired) electrons. The van der Waals surface area contributed by atoms with Gasteiger partial charge in [0.15, 0.2) is 0 Å². The Morgan fingerprint density at radius 3 is 2.06 bits per heavy atom. The van der Waals surface area contributed by atoms with E-state index < -0.39 is 0 Å². The van der Waals surface area contributed by atoms with Gasteiger partial charge in [-0.15, -0.1) is 0 Å². The van der Waals surface area contributed by atoms with Gasteiger partial charge in [0.25, 0.3) is 0 Å². The van der Waals surface area contributed by atoms with E-state index in [4.69, 9.17) is 0 Å². The molecule has 0 aromatic carbocycles. The van der Waals surface area contributed by atoms with Crippen LogP contribution in [0.3, 0.4) is 0 Å². The van der Waals surface area contributed by atoms with Crippen LogP contribution in [-0.4, -0.2) is 12.5 Å². The lowest BCUT2D eigenvalue weighted by Gasteiger charge is -3.13. The average molecular weight is 243 g/mol. The molecule has 0 bridgehead atoms. The SMILES string of the molecule is C=CC(=O)NCC12C3C4C1C1C2C3C41C(C)(C)C. The van der Waals surface area contributed by atoms with Crippen LogP contribution in [0.15, 0.2) is 12.7 Å². The predicted molar refractivity (Wildman–Crippen MR) is 68.5 cm³/mol. The van der Waals surface area contributed by atoms with E-state index in [1.165, 1.54) is 6.08 Å². The average Bonchev–Trinajstić information content (AvgIpc) is 2.34. The van der Waals surface area contributed by atoms with E-state index in [-0.39, 0.29) is 5.91 Å². The number of nitrogens with one attached hydrogen (secondary N) is 1. The van der Waals surface area contributed by atoms with Crippen LogP contribution in [0.1, 0.15) is 20.8 Å². The van der Waals surface area contributed by atoms with Crippen molar-refractivity contribution in [3.8, 4) is 0 Å². The van der Waals surface area contributed by atoms with Gasteiger partial charge in [-0.05, 0) is 57.8 Å². The van der Waals surface area contributed by atoms with Gasteiger partial charge in [0.2, 0.25) is 5.91 Å². The fraction of sp³-hybridized carbons (Fsp3) is 0.812. The third kappa shape index (κ3) is 0.529. The number of amides is 1. The molecule has 6 aliphatic carbocycles. The molecule has 0 aliphatic heterocycles. The summed E-state index contributed by atoms with van der Waals surface area (Å²) in [6.07, 6.45) is 1.40. The van der Waals surface area contributed by atoms with Crippen LogP contribution in [0.5, 0.6) is 0 Å². The van der Waals surface area contributed by atoms with Gasteiger partial charge in [-0.1, -0.05) is 27.4 Å². The van der Waals surface area contributed by atoms with Crippen molar-refractivity contribution in [2.45, 2.75) is 20.8 Å². The molecule has 1 N–H and O–H groups in total. The summed E-state index contributed by atoms with van der Waals surface area (Å²) in [6.45, 7) is 11.8. The first-order chi connectivity index (χ1) is 8.44. The summed E-state index contributed by atoms with van der Waals surface area (Å²) in [5, 5.41) is 3.06. The highest BCUT2D eigenvalue weighted by Gasteiger charge is 3.10. The monoisotopic (exact) mass is 243 g/mol. The lowest BCUT2D eigenvalue weighted by atomic mass is 8.90. The minimum Gasteiger partial charge on any atom is -0.352 e. The largest absolute Gasteiger partial charge is 0.352 e. The van der Waals surface area contributed by atoms with E-state index in [2.05, 4.69) is 32.7 Å². The molecule has 6 rings (SSSR count). The van der Waals surface area contributed by atoms with E-state index in [0.29, 0.717) is 10.8 Å². The molecule has 6 aliphatic rings. The second-order valence-corrected chi connectivity index (χ2v) is 8.37. The summed E-state index contributed by atoms with van der Waals surface area (Å²) >= 11 is 0. The minimum atomic E-state index is 0.00852. The number of carbonyl (C=O) groups excluding carboxylic acids is 1. The Morgan fingerprint density at radius 2 is 1.67 bits per heavy atom. The fourth-order valence-electron chi connectivity index (χ4n) is 7.92. The van der Waals surface area contributed by atoms with Crippen molar-refractivity contribution in [2.24, 2.45) is 51.8 Å². The Hall–Kier alpha value is -0.790. The van der Waals surface area contributed by atoms with Gasteiger partial charge in [0, 0.05) is 6.54 Å². The summed E-state index contributed by atoms with van der Waals surface area (Å²) in [6, 6.07) is 0. The summed E-state index contributed by atoms with van der Waals surface area (Å²) in [5.41, 5.74) is 1.80. The van der Waals surface area contributed by atoms with Crippen LogP contribution in [-0.2, 0) is 4.79 Å². The van der Waals surface area contributed by atoms with Crippen molar-refractivity contribution in [1.29, 1.82) is 0 Å². The molecule has 0 spiro atoms. The van der Waals surface area contributed by atoms with Crippen molar-refractivity contribution < 1.29 is 4.79 Å². The Balaban J connectivity index is 1.38. The normalized spacial score (nSPS) is 63.3. The standard InChI is InChI=1S/C16H21NO/c1-5-7(18)17-6-15-8-11-9(15)13-10(15)12(8)16(11,13)14(2,3)4/h5,8-13H,1,6H2,2-4H3,(H,17,18). The number of hydrogen-bond acceptors (Lipinski definition) is 1. The fourth-order valence-corrected chi connectivity index (χ4v) is 7.92. The van der Waals surface area contributed by atoms with Gasteiger partial charge in [-0.2, -0.15) is 0 Å². The smallest absolute Gasteiger partial charge is 0.243 e. The zero-order chi connectivity index (χ0) is 12.7. The molecule has 0 heterocycles. The highest BCUT2D eigenvalue weighted by atomic mass is 16.1. The molecule has 6 saturated carbocycles. The molecule has 1 amide bonds. The van der Waals surface area contributed by atoms with Crippen LogP contribution in [0.25, 0.3) is 0 Å². The maximum atomic E-state index is 11.3. The predicted octanol–water partition coefficient (Wildman–Crippen LogP) is 2.07. The van der Waals surface area contributed by atoms with Gasteiger partial charge in [0.05, 0.1) is 0 Å². The number of hydrogen-bond donors (Lipinski definition) is 1. The van der Waals surface area contributed by atoms with Gasteiger partial charge >= 0.3 is 0 Å². The molecule has 0 aromatic heterocycles. The van der Waals surface area contributed by atoms with Crippen molar-refractivity contribution in [3.63, 3.8) is 0 Å². The van der Waals surface area contributed by atoms with E-state index >= 15 is 0 Å². The summed E-state index contributed by atoms with van der Waals surface area (Å²) in [7, 11) is 0. The van der Waals surface area contributed by atoms with Crippen molar-refractivity contribution in [2.75, 3.05) is 6.54 Å². The van der Waals surface area contributed by atoms with Gasteiger partial charge in [-0.25, -0.2) is 0 Å². The first-order valence-corrected chi connectivity index (χ1v) is 7.34. The van der Waals surface area contributed by atoms with Crippen LogP contribution < -0.4 is 5.32 Å². The Morgan fingerprint density at radius 1 is 1.17 bits per heavy atom. The van der Waals surface area contributed by atoms with Gasteiger partial charge in [-0.3, -0.25) is 4.79 Å². The molecule has 6 fully saturated rings.